The van der Waals surface area contributed by atoms with Gasteiger partial charge in [-0.2, -0.15) is 9.30 Å². The Kier molecular flexibility index (Phi) is 7.57. The SMILES string of the molecule is COCCn1c(=NC(=O)C2CCN(S(=O)(=O)c3ccc(Cl)cc3)CC2)sc2cc(Cl)ccc21. The van der Waals surface area contributed by atoms with Crippen LogP contribution in [0.1, 0.15) is 12.8 Å². The van der Waals surface area contributed by atoms with Crippen LogP contribution in [0.5, 0.6) is 0 Å². The van der Waals surface area contributed by atoms with Crippen molar-refractivity contribution in [2.75, 3.05) is 26.8 Å². The maximum absolute atomic E-state index is 13.0. The highest BCUT2D eigenvalue weighted by Crippen LogP contribution is 2.26. The van der Waals surface area contributed by atoms with E-state index in [1.807, 2.05) is 22.8 Å². The van der Waals surface area contributed by atoms with Gasteiger partial charge in [0.05, 0.1) is 21.7 Å². The highest BCUT2D eigenvalue weighted by molar-refractivity contribution is 7.89. The molecule has 1 aliphatic rings. The zero-order chi connectivity index (χ0) is 23.6. The summed E-state index contributed by atoms with van der Waals surface area (Å²) in [4.78, 5) is 18.2. The van der Waals surface area contributed by atoms with Gasteiger partial charge in [0.25, 0.3) is 5.91 Å². The minimum absolute atomic E-state index is 0.199. The van der Waals surface area contributed by atoms with Crippen LogP contribution in [0.15, 0.2) is 52.4 Å². The Morgan fingerprint density at radius 2 is 1.79 bits per heavy atom. The van der Waals surface area contributed by atoms with Crippen LogP contribution in [0.2, 0.25) is 10.0 Å². The first-order valence-electron chi connectivity index (χ1n) is 10.4. The van der Waals surface area contributed by atoms with Gasteiger partial charge in [0.15, 0.2) is 4.80 Å². The third-order valence-electron chi connectivity index (χ3n) is 5.62. The van der Waals surface area contributed by atoms with Crippen molar-refractivity contribution in [2.24, 2.45) is 10.9 Å². The summed E-state index contributed by atoms with van der Waals surface area (Å²) < 4.78 is 35.3. The number of thiazole rings is 1. The van der Waals surface area contributed by atoms with E-state index in [9.17, 15) is 13.2 Å². The molecule has 1 aliphatic heterocycles. The van der Waals surface area contributed by atoms with Gasteiger partial charge in [-0.25, -0.2) is 8.42 Å². The molecular formula is C22H23Cl2N3O4S2. The number of nitrogens with zero attached hydrogens (tertiary/aromatic N) is 3. The molecule has 176 valence electrons. The van der Waals surface area contributed by atoms with E-state index < -0.39 is 10.0 Å². The van der Waals surface area contributed by atoms with Gasteiger partial charge in [-0.15, -0.1) is 0 Å². The predicted molar refractivity (Wildman–Crippen MR) is 130 cm³/mol. The summed E-state index contributed by atoms with van der Waals surface area (Å²) in [5, 5.41) is 1.10. The summed E-state index contributed by atoms with van der Waals surface area (Å²) >= 11 is 13.4. The fourth-order valence-electron chi connectivity index (χ4n) is 3.82. The molecule has 1 aromatic heterocycles. The molecule has 3 aromatic rings. The molecule has 0 radical (unpaired) electrons. The molecule has 2 heterocycles. The summed E-state index contributed by atoms with van der Waals surface area (Å²) in [5.74, 6) is -0.561. The summed E-state index contributed by atoms with van der Waals surface area (Å²) in [6.07, 6.45) is 0.841. The molecule has 33 heavy (non-hydrogen) atoms. The van der Waals surface area contributed by atoms with Crippen LogP contribution in [0, 0.1) is 5.92 Å². The van der Waals surface area contributed by atoms with Gasteiger partial charge in [0.2, 0.25) is 10.0 Å². The topological polar surface area (TPSA) is 81.0 Å². The van der Waals surface area contributed by atoms with Gasteiger partial charge < -0.3 is 9.30 Å². The van der Waals surface area contributed by atoms with Crippen molar-refractivity contribution < 1.29 is 17.9 Å². The van der Waals surface area contributed by atoms with Crippen molar-refractivity contribution >= 4 is 60.7 Å². The molecule has 7 nitrogen and oxygen atoms in total. The van der Waals surface area contributed by atoms with Crippen LogP contribution in [-0.2, 0) is 26.1 Å². The number of hydrogen-bond donors (Lipinski definition) is 0. The molecule has 0 spiro atoms. The van der Waals surface area contributed by atoms with E-state index in [2.05, 4.69) is 4.99 Å². The van der Waals surface area contributed by atoms with Crippen molar-refractivity contribution in [3.05, 3.63) is 57.3 Å². The zero-order valence-corrected chi connectivity index (χ0v) is 21.1. The highest BCUT2D eigenvalue weighted by Gasteiger charge is 2.32. The normalized spacial score (nSPS) is 16.5. The second kappa shape index (κ2) is 10.2. The number of fused-ring (bicyclic) bond motifs is 1. The molecule has 4 rings (SSSR count). The van der Waals surface area contributed by atoms with E-state index in [0.29, 0.717) is 40.8 Å². The number of carbonyl (C=O) groups is 1. The number of hydrogen-bond acceptors (Lipinski definition) is 5. The molecule has 0 N–H and O–H groups in total. The number of aromatic nitrogens is 1. The number of amides is 1. The van der Waals surface area contributed by atoms with E-state index in [-0.39, 0.29) is 29.8 Å². The van der Waals surface area contributed by atoms with Crippen LogP contribution in [0.4, 0.5) is 0 Å². The molecule has 0 bridgehead atoms. The quantitative estimate of drug-likeness (QED) is 0.481. The number of carbonyl (C=O) groups excluding carboxylic acids is 1. The average molecular weight is 528 g/mol. The minimum Gasteiger partial charge on any atom is -0.383 e. The first-order chi connectivity index (χ1) is 15.8. The number of rotatable bonds is 6. The van der Waals surface area contributed by atoms with Gasteiger partial charge in [-0.3, -0.25) is 4.79 Å². The van der Waals surface area contributed by atoms with Crippen LogP contribution >= 0.6 is 34.5 Å². The second-order valence-electron chi connectivity index (χ2n) is 7.72. The largest absolute Gasteiger partial charge is 0.383 e. The smallest absolute Gasteiger partial charge is 0.251 e. The van der Waals surface area contributed by atoms with Gasteiger partial charge in [-0.05, 0) is 55.3 Å². The van der Waals surface area contributed by atoms with E-state index >= 15 is 0 Å². The number of piperidine rings is 1. The lowest BCUT2D eigenvalue weighted by Crippen LogP contribution is -2.40. The Bertz CT molecular complexity index is 1330. The first-order valence-corrected chi connectivity index (χ1v) is 13.4. The number of ether oxygens (including phenoxy) is 1. The van der Waals surface area contributed by atoms with Crippen molar-refractivity contribution in [3.63, 3.8) is 0 Å². The second-order valence-corrected chi connectivity index (χ2v) is 11.5. The number of methoxy groups -OCH3 is 1. The summed E-state index contributed by atoms with van der Waals surface area (Å²) in [7, 11) is -2.00. The lowest BCUT2D eigenvalue weighted by molar-refractivity contribution is -0.122. The van der Waals surface area contributed by atoms with Crippen molar-refractivity contribution in [1.82, 2.24) is 8.87 Å². The number of benzene rings is 2. The molecule has 1 fully saturated rings. The molecule has 2 aromatic carbocycles. The summed E-state index contributed by atoms with van der Waals surface area (Å²) in [5.41, 5.74) is 0.942. The standard InChI is InChI=1S/C22H23Cl2N3O4S2/c1-31-13-12-27-19-7-4-17(24)14-20(19)32-22(27)25-21(28)15-8-10-26(11-9-15)33(29,30)18-5-2-16(23)3-6-18/h2-7,14-15H,8-13H2,1H3. The average Bonchev–Trinajstić information content (AvgIpc) is 3.13. The Morgan fingerprint density at radius 3 is 2.45 bits per heavy atom. The molecule has 1 amide bonds. The first kappa shape index (κ1) is 24.4. The molecule has 11 heteroatoms. The molecule has 0 saturated carbocycles. The molecule has 0 unspecified atom stereocenters. The van der Waals surface area contributed by atoms with Crippen LogP contribution in [0.25, 0.3) is 10.2 Å². The van der Waals surface area contributed by atoms with E-state index in [0.717, 1.165) is 10.2 Å². The lowest BCUT2D eigenvalue weighted by atomic mass is 9.98. The molecule has 1 saturated heterocycles. The summed E-state index contributed by atoms with van der Waals surface area (Å²) in [6, 6.07) is 11.7. The van der Waals surface area contributed by atoms with E-state index in [1.165, 1.54) is 27.8 Å². The Labute approximate surface area is 206 Å². The van der Waals surface area contributed by atoms with E-state index in [4.69, 9.17) is 27.9 Å². The van der Waals surface area contributed by atoms with Crippen molar-refractivity contribution in [3.8, 4) is 0 Å². The highest BCUT2D eigenvalue weighted by atomic mass is 35.5. The third-order valence-corrected chi connectivity index (χ3v) is 9.07. The molecule has 0 atom stereocenters. The van der Waals surface area contributed by atoms with Gasteiger partial charge >= 0.3 is 0 Å². The van der Waals surface area contributed by atoms with E-state index in [1.54, 1.807) is 19.2 Å². The Balaban J connectivity index is 1.52. The van der Waals surface area contributed by atoms with Gasteiger partial charge in [0, 0.05) is 42.7 Å². The third kappa shape index (κ3) is 5.34. The fourth-order valence-corrected chi connectivity index (χ4v) is 6.75. The minimum atomic E-state index is -3.62. The van der Waals surface area contributed by atoms with Crippen LogP contribution in [0.3, 0.4) is 0 Å². The predicted octanol–water partition coefficient (Wildman–Crippen LogP) is 4.18. The van der Waals surface area contributed by atoms with Crippen LogP contribution in [-0.4, -0.2) is 50.0 Å². The zero-order valence-electron chi connectivity index (χ0n) is 17.9. The monoisotopic (exact) mass is 527 g/mol. The van der Waals surface area contributed by atoms with Gasteiger partial charge in [-0.1, -0.05) is 34.5 Å². The number of sulfonamides is 1. The maximum atomic E-state index is 13.0. The molecule has 0 aliphatic carbocycles. The number of halogens is 2. The maximum Gasteiger partial charge on any atom is 0.251 e. The fraction of sp³-hybridized carbons (Fsp3) is 0.364. The Morgan fingerprint density at radius 1 is 1.12 bits per heavy atom. The molecular weight excluding hydrogens is 505 g/mol. The van der Waals surface area contributed by atoms with Crippen molar-refractivity contribution in [1.29, 1.82) is 0 Å². The Hall–Kier alpha value is -1.75. The van der Waals surface area contributed by atoms with Crippen molar-refractivity contribution in [2.45, 2.75) is 24.3 Å². The summed E-state index contributed by atoms with van der Waals surface area (Å²) in [6.45, 7) is 1.57. The lowest BCUT2D eigenvalue weighted by Gasteiger charge is -2.29. The van der Waals surface area contributed by atoms with Gasteiger partial charge in [0.1, 0.15) is 0 Å². The van der Waals surface area contributed by atoms with Crippen LogP contribution < -0.4 is 4.80 Å².